The van der Waals surface area contributed by atoms with Gasteiger partial charge in [-0.2, -0.15) is 0 Å². The molecular weight excluding hydrogens is 266 g/mol. The van der Waals surface area contributed by atoms with Crippen molar-refractivity contribution in [3.8, 4) is 0 Å². The van der Waals surface area contributed by atoms with E-state index < -0.39 is 5.97 Å². The van der Waals surface area contributed by atoms with Crippen LogP contribution in [0.2, 0.25) is 0 Å². The van der Waals surface area contributed by atoms with Gasteiger partial charge in [-0.25, -0.2) is 0 Å². The number of rotatable bonds is 5. The Bertz CT molecular complexity index is 314. The lowest BCUT2D eigenvalue weighted by molar-refractivity contribution is -0.137. The van der Waals surface area contributed by atoms with Crippen molar-refractivity contribution in [1.82, 2.24) is 0 Å². The largest absolute Gasteiger partial charge is 0.481 e. The molecule has 0 spiro atoms. The molecule has 0 radical (unpaired) electrons. The lowest BCUT2D eigenvalue weighted by Crippen LogP contribution is -2.23. The summed E-state index contributed by atoms with van der Waals surface area (Å²) in [6.45, 7) is 0. The highest BCUT2D eigenvalue weighted by molar-refractivity contribution is 9.10. The van der Waals surface area contributed by atoms with E-state index in [9.17, 15) is 4.79 Å². The number of hydrogen-bond acceptors (Lipinski definition) is 3. The number of carboxylic acid groups (broad SMARTS) is 1. The van der Waals surface area contributed by atoms with Crippen molar-refractivity contribution in [3.05, 3.63) is 20.8 Å². The first-order valence-electron chi connectivity index (χ1n) is 4.29. The van der Waals surface area contributed by atoms with E-state index >= 15 is 0 Å². The number of hydrogen-bond donors (Lipinski definition) is 2. The fraction of sp³-hybridized carbons (Fsp3) is 0.444. The van der Waals surface area contributed by atoms with Gasteiger partial charge in [-0.15, -0.1) is 11.3 Å². The second kappa shape index (κ2) is 5.48. The topological polar surface area (TPSA) is 63.3 Å². The summed E-state index contributed by atoms with van der Waals surface area (Å²) in [5.74, 6) is -0.786. The Balaban J connectivity index is 2.37. The standard InChI is InChI=1S/C9H12BrNO2S/c10-7-3-4-14-8(7)5-6(11)1-2-9(12)13/h3-4,6H,1-2,5,11H2,(H,12,13). The maximum atomic E-state index is 10.3. The number of nitrogens with two attached hydrogens (primary N) is 1. The fourth-order valence-corrected chi connectivity index (χ4v) is 2.73. The van der Waals surface area contributed by atoms with Crippen LogP contribution in [0.25, 0.3) is 0 Å². The van der Waals surface area contributed by atoms with Gasteiger partial charge in [-0.3, -0.25) is 4.79 Å². The Kier molecular flexibility index (Phi) is 4.57. The third kappa shape index (κ3) is 3.77. The van der Waals surface area contributed by atoms with Crippen LogP contribution >= 0.6 is 27.3 Å². The van der Waals surface area contributed by atoms with Crippen LogP contribution in [0.5, 0.6) is 0 Å². The molecule has 0 aliphatic rings. The molecule has 1 rings (SSSR count). The molecule has 0 bridgehead atoms. The van der Waals surface area contributed by atoms with Crippen molar-refractivity contribution in [2.75, 3.05) is 0 Å². The highest BCUT2D eigenvalue weighted by Gasteiger charge is 2.09. The zero-order valence-electron chi connectivity index (χ0n) is 7.57. The Labute approximate surface area is 95.1 Å². The molecule has 1 unspecified atom stereocenters. The number of carbonyl (C=O) groups is 1. The van der Waals surface area contributed by atoms with Gasteiger partial charge in [0.15, 0.2) is 0 Å². The fourth-order valence-electron chi connectivity index (χ4n) is 1.12. The van der Waals surface area contributed by atoms with E-state index in [1.807, 2.05) is 11.4 Å². The molecule has 0 fully saturated rings. The van der Waals surface area contributed by atoms with Crippen molar-refractivity contribution in [2.45, 2.75) is 25.3 Å². The number of thiophene rings is 1. The summed E-state index contributed by atoms with van der Waals surface area (Å²) >= 11 is 5.05. The summed E-state index contributed by atoms with van der Waals surface area (Å²) in [7, 11) is 0. The van der Waals surface area contributed by atoms with Crippen molar-refractivity contribution in [1.29, 1.82) is 0 Å². The van der Waals surface area contributed by atoms with E-state index in [0.717, 1.165) is 10.9 Å². The highest BCUT2D eigenvalue weighted by Crippen LogP contribution is 2.24. The molecule has 0 aromatic carbocycles. The second-order valence-corrected chi connectivity index (χ2v) is 4.94. The summed E-state index contributed by atoms with van der Waals surface area (Å²) in [5, 5.41) is 10.5. The van der Waals surface area contributed by atoms with Gasteiger partial charge < -0.3 is 10.8 Å². The predicted molar refractivity (Wildman–Crippen MR) is 60.6 cm³/mol. The summed E-state index contributed by atoms with van der Waals surface area (Å²) in [6, 6.07) is 1.91. The monoisotopic (exact) mass is 277 g/mol. The predicted octanol–water partition coefficient (Wildman–Crippen LogP) is 2.25. The summed E-state index contributed by atoms with van der Waals surface area (Å²) in [6.07, 6.45) is 1.41. The molecule has 1 heterocycles. The van der Waals surface area contributed by atoms with E-state index in [0.29, 0.717) is 6.42 Å². The van der Waals surface area contributed by atoms with Gasteiger partial charge in [0.25, 0.3) is 0 Å². The first-order valence-corrected chi connectivity index (χ1v) is 5.96. The van der Waals surface area contributed by atoms with E-state index in [1.165, 1.54) is 4.88 Å². The molecule has 0 saturated heterocycles. The highest BCUT2D eigenvalue weighted by atomic mass is 79.9. The van der Waals surface area contributed by atoms with Gasteiger partial charge in [0.05, 0.1) is 0 Å². The van der Waals surface area contributed by atoms with Crippen molar-refractivity contribution in [2.24, 2.45) is 5.73 Å². The summed E-state index contributed by atoms with van der Waals surface area (Å²) in [5.41, 5.74) is 5.80. The van der Waals surface area contributed by atoms with E-state index in [-0.39, 0.29) is 12.5 Å². The number of carboxylic acids is 1. The lowest BCUT2D eigenvalue weighted by Gasteiger charge is -2.08. The van der Waals surface area contributed by atoms with Gasteiger partial charge in [0, 0.05) is 21.8 Å². The molecule has 0 amide bonds. The third-order valence-electron chi connectivity index (χ3n) is 1.87. The summed E-state index contributed by atoms with van der Waals surface area (Å²) in [4.78, 5) is 11.5. The average Bonchev–Trinajstić information content (AvgIpc) is 2.49. The molecule has 3 N–H and O–H groups in total. The zero-order chi connectivity index (χ0) is 10.6. The Morgan fingerprint density at radius 3 is 2.93 bits per heavy atom. The number of aliphatic carboxylic acids is 1. The first kappa shape index (κ1) is 11.7. The minimum Gasteiger partial charge on any atom is -0.481 e. The van der Waals surface area contributed by atoms with Crippen LogP contribution in [0.3, 0.4) is 0 Å². The Morgan fingerprint density at radius 2 is 2.43 bits per heavy atom. The van der Waals surface area contributed by atoms with Crippen LogP contribution in [0.1, 0.15) is 17.7 Å². The third-order valence-corrected chi connectivity index (χ3v) is 3.82. The van der Waals surface area contributed by atoms with E-state index in [2.05, 4.69) is 15.9 Å². The lowest BCUT2D eigenvalue weighted by atomic mass is 10.1. The molecule has 0 aliphatic carbocycles. The SMILES string of the molecule is NC(CCC(=O)O)Cc1sccc1Br. The molecule has 1 aromatic rings. The molecule has 0 saturated carbocycles. The molecule has 3 nitrogen and oxygen atoms in total. The second-order valence-electron chi connectivity index (χ2n) is 3.09. The van der Waals surface area contributed by atoms with Crippen LogP contribution in [0.15, 0.2) is 15.9 Å². The maximum Gasteiger partial charge on any atom is 0.303 e. The zero-order valence-corrected chi connectivity index (χ0v) is 9.97. The van der Waals surface area contributed by atoms with Crippen molar-refractivity contribution >= 4 is 33.2 Å². The van der Waals surface area contributed by atoms with Gasteiger partial charge in [0.2, 0.25) is 0 Å². The smallest absolute Gasteiger partial charge is 0.303 e. The van der Waals surface area contributed by atoms with E-state index in [1.54, 1.807) is 11.3 Å². The van der Waals surface area contributed by atoms with Crippen LogP contribution in [0, 0.1) is 0 Å². The maximum absolute atomic E-state index is 10.3. The van der Waals surface area contributed by atoms with Gasteiger partial charge >= 0.3 is 5.97 Å². The summed E-state index contributed by atoms with van der Waals surface area (Å²) < 4.78 is 1.06. The molecule has 1 atom stereocenters. The average molecular weight is 278 g/mol. The molecule has 78 valence electrons. The van der Waals surface area contributed by atoms with Crippen molar-refractivity contribution in [3.63, 3.8) is 0 Å². The van der Waals surface area contributed by atoms with Crippen LogP contribution in [0.4, 0.5) is 0 Å². The van der Waals surface area contributed by atoms with Gasteiger partial charge in [-0.05, 0) is 40.2 Å². The number of halogens is 1. The van der Waals surface area contributed by atoms with Gasteiger partial charge in [-0.1, -0.05) is 0 Å². The van der Waals surface area contributed by atoms with Crippen LogP contribution in [-0.4, -0.2) is 17.1 Å². The molecule has 1 aromatic heterocycles. The first-order chi connectivity index (χ1) is 6.59. The minimum atomic E-state index is -0.786. The normalized spacial score (nSPS) is 12.7. The van der Waals surface area contributed by atoms with Crippen molar-refractivity contribution < 1.29 is 9.90 Å². The Hall–Kier alpha value is -0.390. The quantitative estimate of drug-likeness (QED) is 0.868. The molecule has 5 heteroatoms. The van der Waals surface area contributed by atoms with E-state index in [4.69, 9.17) is 10.8 Å². The molecular formula is C9H12BrNO2S. The Morgan fingerprint density at radius 1 is 1.71 bits per heavy atom. The minimum absolute atomic E-state index is 0.0685. The molecule has 0 aliphatic heterocycles. The molecule has 14 heavy (non-hydrogen) atoms. The van der Waals surface area contributed by atoms with Gasteiger partial charge in [0.1, 0.15) is 0 Å². The van der Waals surface area contributed by atoms with Crippen LogP contribution < -0.4 is 5.73 Å². The van der Waals surface area contributed by atoms with Crippen LogP contribution in [-0.2, 0) is 11.2 Å².